The predicted molar refractivity (Wildman–Crippen MR) is 142 cm³/mol. The van der Waals surface area contributed by atoms with Crippen LogP contribution in [0.2, 0.25) is 5.15 Å². The van der Waals surface area contributed by atoms with Gasteiger partial charge in [-0.3, -0.25) is 9.89 Å². The van der Waals surface area contributed by atoms with Crippen LogP contribution >= 0.6 is 11.6 Å². The number of piperidine rings is 1. The van der Waals surface area contributed by atoms with Crippen LogP contribution in [0.4, 0.5) is 16.3 Å². The van der Waals surface area contributed by atoms with E-state index in [-0.39, 0.29) is 23.4 Å². The third-order valence-corrected chi connectivity index (χ3v) is 7.94. The van der Waals surface area contributed by atoms with Gasteiger partial charge in [0.1, 0.15) is 11.0 Å². The Hall–Kier alpha value is -3.59. The van der Waals surface area contributed by atoms with Crippen molar-refractivity contribution in [1.82, 2.24) is 25.0 Å². The molecule has 0 spiro atoms. The Kier molecular flexibility index (Phi) is 5.82. The molecule has 0 radical (unpaired) electrons. The number of nitrogens with one attached hydrogen (secondary N) is 2. The van der Waals surface area contributed by atoms with E-state index in [1.807, 2.05) is 34.1 Å². The largest absolute Gasteiger partial charge is 0.356 e. The maximum absolute atomic E-state index is 13.5. The van der Waals surface area contributed by atoms with Gasteiger partial charge >= 0.3 is 6.03 Å². The van der Waals surface area contributed by atoms with Gasteiger partial charge in [-0.1, -0.05) is 43.6 Å². The molecule has 1 fully saturated rings. The number of H-pyrrole nitrogens is 1. The number of para-hydroxylation sites is 1. The molecule has 192 valence electrons. The van der Waals surface area contributed by atoms with Crippen molar-refractivity contribution in [2.24, 2.45) is 0 Å². The fraction of sp³-hybridized carbons (Fsp3) is 0.407. The number of aromatic nitrogens is 3. The van der Waals surface area contributed by atoms with Crippen LogP contribution in [0.15, 0.2) is 42.6 Å². The van der Waals surface area contributed by atoms with E-state index in [1.165, 1.54) is 0 Å². The number of aromatic amines is 1. The van der Waals surface area contributed by atoms with Crippen molar-refractivity contribution in [2.75, 3.05) is 29.9 Å². The SMILES string of the molecule is CC1(C)CN(C(=O)c2cc(Cl)nc(N3CCC(N4Cc5ccccc5NC4=O)CC3)c2)Cc2cn[nH]c21. The highest BCUT2D eigenvalue weighted by atomic mass is 35.5. The van der Waals surface area contributed by atoms with E-state index >= 15 is 0 Å². The third kappa shape index (κ3) is 4.41. The summed E-state index contributed by atoms with van der Waals surface area (Å²) in [6.07, 6.45) is 3.43. The van der Waals surface area contributed by atoms with E-state index in [9.17, 15) is 9.59 Å². The van der Waals surface area contributed by atoms with Gasteiger partial charge in [0.25, 0.3) is 5.91 Å². The van der Waals surface area contributed by atoms with Gasteiger partial charge in [-0.25, -0.2) is 9.78 Å². The number of pyridine rings is 1. The van der Waals surface area contributed by atoms with Crippen LogP contribution in [0.3, 0.4) is 0 Å². The molecule has 10 heteroatoms. The van der Waals surface area contributed by atoms with E-state index in [2.05, 4.69) is 45.3 Å². The maximum atomic E-state index is 13.5. The Balaban J connectivity index is 1.15. The lowest BCUT2D eigenvalue weighted by atomic mass is 9.83. The molecule has 3 amide bonds. The quantitative estimate of drug-likeness (QED) is 0.500. The van der Waals surface area contributed by atoms with Crippen LogP contribution < -0.4 is 10.2 Å². The molecule has 5 heterocycles. The summed E-state index contributed by atoms with van der Waals surface area (Å²) >= 11 is 6.40. The van der Waals surface area contributed by atoms with Gasteiger partial charge in [-0.2, -0.15) is 5.10 Å². The minimum Gasteiger partial charge on any atom is -0.356 e. The molecule has 37 heavy (non-hydrogen) atoms. The number of hydrogen-bond acceptors (Lipinski definition) is 5. The first-order chi connectivity index (χ1) is 17.8. The second-order valence-corrected chi connectivity index (χ2v) is 11.2. The van der Waals surface area contributed by atoms with Gasteiger partial charge in [0.05, 0.1) is 6.20 Å². The standard InChI is InChI=1S/C27H30ClN7O2/c1-27(2)16-34(14-19-13-29-32-24(19)27)25(36)18-11-22(28)31-23(12-18)33-9-7-20(8-10-33)35-15-17-5-3-4-6-21(17)30-26(35)37/h3-6,11-13,20H,7-10,14-16H2,1-2H3,(H,29,32)(H,30,37). The number of carbonyl (C=O) groups excluding carboxylic acids is 2. The number of urea groups is 1. The molecule has 0 aliphatic carbocycles. The van der Waals surface area contributed by atoms with Crippen LogP contribution in [-0.4, -0.2) is 62.6 Å². The first-order valence-corrected chi connectivity index (χ1v) is 13.1. The van der Waals surface area contributed by atoms with Gasteiger partial charge in [-0.05, 0) is 36.6 Å². The molecule has 2 aromatic heterocycles. The van der Waals surface area contributed by atoms with Crippen LogP contribution in [0.25, 0.3) is 0 Å². The molecule has 0 atom stereocenters. The van der Waals surface area contributed by atoms with Crippen molar-refractivity contribution >= 4 is 35.0 Å². The number of amides is 3. The first kappa shape index (κ1) is 23.8. The molecule has 0 bridgehead atoms. The van der Waals surface area contributed by atoms with Gasteiger partial charge in [-0.15, -0.1) is 0 Å². The Morgan fingerprint density at radius 3 is 2.70 bits per heavy atom. The number of halogens is 1. The van der Waals surface area contributed by atoms with Gasteiger partial charge in [0.15, 0.2) is 0 Å². The van der Waals surface area contributed by atoms with Crippen molar-refractivity contribution < 1.29 is 9.59 Å². The highest BCUT2D eigenvalue weighted by molar-refractivity contribution is 6.30. The molecular formula is C27H30ClN7O2. The summed E-state index contributed by atoms with van der Waals surface area (Å²) in [7, 11) is 0. The zero-order valence-electron chi connectivity index (χ0n) is 21.0. The summed E-state index contributed by atoms with van der Waals surface area (Å²) in [6, 6.07) is 11.5. The number of nitrogens with zero attached hydrogens (tertiary/aromatic N) is 5. The Morgan fingerprint density at radius 1 is 1.11 bits per heavy atom. The minimum absolute atomic E-state index is 0.0452. The summed E-state index contributed by atoms with van der Waals surface area (Å²) in [4.78, 5) is 36.8. The molecule has 0 saturated carbocycles. The van der Waals surface area contributed by atoms with Crippen molar-refractivity contribution in [3.05, 3.63) is 70.1 Å². The van der Waals surface area contributed by atoms with E-state index < -0.39 is 0 Å². The maximum Gasteiger partial charge on any atom is 0.322 e. The average Bonchev–Trinajstić information content (AvgIpc) is 3.37. The molecule has 1 saturated heterocycles. The second kappa shape index (κ2) is 9.06. The number of rotatable bonds is 3. The van der Waals surface area contributed by atoms with Gasteiger partial charge in [0.2, 0.25) is 0 Å². The second-order valence-electron chi connectivity index (χ2n) is 10.8. The molecule has 3 aliphatic rings. The smallest absolute Gasteiger partial charge is 0.322 e. The van der Waals surface area contributed by atoms with Crippen LogP contribution in [-0.2, 0) is 18.5 Å². The topological polar surface area (TPSA) is 97.5 Å². The lowest BCUT2D eigenvalue weighted by Crippen LogP contribution is -2.50. The first-order valence-electron chi connectivity index (χ1n) is 12.7. The van der Waals surface area contributed by atoms with E-state index in [1.54, 1.807) is 12.3 Å². The highest BCUT2D eigenvalue weighted by Crippen LogP contribution is 2.33. The Morgan fingerprint density at radius 2 is 1.89 bits per heavy atom. The molecule has 3 aromatic rings. The van der Waals surface area contributed by atoms with Crippen molar-refractivity contribution in [1.29, 1.82) is 0 Å². The Bertz CT molecular complexity index is 1360. The normalized spacial score (nSPS) is 19.3. The van der Waals surface area contributed by atoms with Crippen LogP contribution in [0.5, 0.6) is 0 Å². The Labute approximate surface area is 220 Å². The fourth-order valence-corrected chi connectivity index (χ4v) is 6.06. The molecule has 1 aromatic carbocycles. The highest BCUT2D eigenvalue weighted by Gasteiger charge is 2.36. The summed E-state index contributed by atoms with van der Waals surface area (Å²) < 4.78 is 0. The summed E-state index contributed by atoms with van der Waals surface area (Å²) in [5.74, 6) is 0.632. The number of benzene rings is 1. The van der Waals surface area contributed by atoms with Gasteiger partial charge in [0, 0.05) is 66.7 Å². The van der Waals surface area contributed by atoms with Crippen LogP contribution in [0.1, 0.15) is 53.9 Å². The number of fused-ring (bicyclic) bond motifs is 2. The zero-order valence-corrected chi connectivity index (χ0v) is 21.8. The average molecular weight is 520 g/mol. The fourth-order valence-electron chi connectivity index (χ4n) is 5.85. The summed E-state index contributed by atoms with van der Waals surface area (Å²) in [6.45, 7) is 7.39. The number of hydrogen-bond donors (Lipinski definition) is 2. The van der Waals surface area contributed by atoms with Crippen molar-refractivity contribution in [3.8, 4) is 0 Å². The molecule has 2 N–H and O–H groups in total. The molecule has 3 aliphatic heterocycles. The predicted octanol–water partition coefficient (Wildman–Crippen LogP) is 4.41. The van der Waals surface area contributed by atoms with Crippen molar-refractivity contribution in [3.63, 3.8) is 0 Å². The molecule has 0 unspecified atom stereocenters. The number of carbonyl (C=O) groups is 2. The van der Waals surface area contributed by atoms with Crippen LogP contribution in [0, 0.1) is 0 Å². The lowest BCUT2D eigenvalue weighted by molar-refractivity contribution is 0.0684. The molecule has 6 rings (SSSR count). The summed E-state index contributed by atoms with van der Waals surface area (Å²) in [5.41, 5.74) is 4.46. The minimum atomic E-state index is -0.220. The molecular weight excluding hydrogens is 490 g/mol. The van der Waals surface area contributed by atoms with Gasteiger partial charge < -0.3 is 20.0 Å². The van der Waals surface area contributed by atoms with Crippen molar-refractivity contribution in [2.45, 2.75) is 51.2 Å². The van der Waals surface area contributed by atoms with E-state index in [0.29, 0.717) is 36.2 Å². The monoisotopic (exact) mass is 519 g/mol. The third-order valence-electron chi connectivity index (χ3n) is 7.75. The number of anilines is 2. The van der Waals surface area contributed by atoms with E-state index in [4.69, 9.17) is 11.6 Å². The zero-order chi connectivity index (χ0) is 25.7. The van der Waals surface area contributed by atoms with E-state index in [0.717, 1.165) is 48.4 Å². The summed E-state index contributed by atoms with van der Waals surface area (Å²) in [5, 5.41) is 10.6. The lowest BCUT2D eigenvalue weighted by Gasteiger charge is -2.41. The molecule has 9 nitrogen and oxygen atoms in total.